The third kappa shape index (κ3) is 4.01. The number of hydrogen-bond acceptors (Lipinski definition) is 6. The van der Waals surface area contributed by atoms with Gasteiger partial charge in [-0.1, -0.05) is 23.9 Å². The van der Waals surface area contributed by atoms with Crippen LogP contribution in [0.4, 0.5) is 0 Å². The molecule has 0 saturated carbocycles. The molecule has 2 aromatic rings. The van der Waals surface area contributed by atoms with Gasteiger partial charge in [-0.3, -0.25) is 4.79 Å². The minimum Gasteiger partial charge on any atom is -0.372 e. The number of rotatable bonds is 4. The third-order valence-corrected chi connectivity index (χ3v) is 5.25. The summed E-state index contributed by atoms with van der Waals surface area (Å²) in [5.41, 5.74) is 3.24. The number of hydrogen-bond donors (Lipinski definition) is 0. The largest absolute Gasteiger partial charge is 0.372 e. The van der Waals surface area contributed by atoms with Gasteiger partial charge in [0.05, 0.1) is 23.6 Å². The molecule has 0 N–H and O–H groups in total. The number of amides is 1. The molecule has 3 rings (SSSR count). The van der Waals surface area contributed by atoms with Gasteiger partial charge in [0, 0.05) is 13.1 Å². The number of morpholine rings is 1. The van der Waals surface area contributed by atoms with Crippen LogP contribution in [0.3, 0.4) is 0 Å². The summed E-state index contributed by atoms with van der Waals surface area (Å²) >= 11 is 1.36. The molecule has 1 aromatic heterocycles. The summed E-state index contributed by atoms with van der Waals surface area (Å²) in [6.07, 6.45) is 0.135. The second kappa shape index (κ2) is 7.53. The van der Waals surface area contributed by atoms with Gasteiger partial charge in [0.25, 0.3) is 0 Å². The number of nitrogens with zero attached hydrogens (tertiary/aromatic N) is 5. The van der Waals surface area contributed by atoms with E-state index in [1.165, 1.54) is 17.3 Å². The Kier molecular flexibility index (Phi) is 5.39. The third-order valence-electron chi connectivity index (χ3n) is 4.34. The predicted octanol–water partition coefficient (Wildman–Crippen LogP) is 2.01. The maximum absolute atomic E-state index is 12.5. The number of aromatic nitrogens is 4. The van der Waals surface area contributed by atoms with Gasteiger partial charge in [-0.2, -0.15) is 4.68 Å². The van der Waals surface area contributed by atoms with Crippen LogP contribution in [0.25, 0.3) is 5.69 Å². The van der Waals surface area contributed by atoms with Crippen molar-refractivity contribution in [3.05, 3.63) is 29.3 Å². The fourth-order valence-corrected chi connectivity index (χ4v) is 3.77. The van der Waals surface area contributed by atoms with Crippen LogP contribution >= 0.6 is 11.8 Å². The molecule has 134 valence electrons. The van der Waals surface area contributed by atoms with E-state index >= 15 is 0 Å². The van der Waals surface area contributed by atoms with E-state index in [0.29, 0.717) is 24.0 Å². The van der Waals surface area contributed by atoms with Crippen molar-refractivity contribution in [3.63, 3.8) is 0 Å². The first-order chi connectivity index (χ1) is 12.0. The Hall–Kier alpha value is -1.93. The summed E-state index contributed by atoms with van der Waals surface area (Å²) in [4.78, 5) is 14.4. The van der Waals surface area contributed by atoms with E-state index in [-0.39, 0.29) is 18.1 Å². The van der Waals surface area contributed by atoms with E-state index in [1.807, 2.05) is 37.8 Å². The van der Waals surface area contributed by atoms with E-state index in [1.54, 1.807) is 4.68 Å². The van der Waals surface area contributed by atoms with Crippen molar-refractivity contribution in [1.29, 1.82) is 0 Å². The Morgan fingerprint density at radius 2 is 2.00 bits per heavy atom. The van der Waals surface area contributed by atoms with Crippen LogP contribution in [0.15, 0.2) is 23.4 Å². The number of carbonyl (C=O) groups is 1. The lowest BCUT2D eigenvalue weighted by atomic mass is 10.1. The first-order valence-corrected chi connectivity index (χ1v) is 9.35. The second-order valence-corrected chi connectivity index (χ2v) is 7.38. The number of benzene rings is 1. The molecule has 1 aliphatic heterocycles. The lowest BCUT2D eigenvalue weighted by Crippen LogP contribution is -2.48. The van der Waals surface area contributed by atoms with Gasteiger partial charge in [-0.05, 0) is 55.3 Å². The molecule has 7 nitrogen and oxygen atoms in total. The molecule has 0 unspecified atom stereocenters. The first kappa shape index (κ1) is 17.9. The smallest absolute Gasteiger partial charge is 0.233 e. The number of carbonyl (C=O) groups excluding carboxylic acids is 1. The van der Waals surface area contributed by atoms with Crippen LogP contribution in [0, 0.1) is 13.8 Å². The molecule has 0 aliphatic carbocycles. The first-order valence-electron chi connectivity index (χ1n) is 8.36. The molecule has 8 heteroatoms. The molecule has 1 aromatic carbocycles. The Labute approximate surface area is 151 Å². The average Bonchev–Trinajstić information content (AvgIpc) is 3.02. The van der Waals surface area contributed by atoms with Crippen LogP contribution in [0.5, 0.6) is 0 Å². The highest BCUT2D eigenvalue weighted by atomic mass is 32.2. The Bertz CT molecular complexity index is 753. The van der Waals surface area contributed by atoms with Gasteiger partial charge < -0.3 is 9.64 Å². The SMILES string of the molecule is Cc1cccc(-n2nnnc2SCC(=O)N2C[C@@H](C)O[C@@H](C)C2)c1C. The van der Waals surface area contributed by atoms with Crippen molar-refractivity contribution in [3.8, 4) is 5.69 Å². The van der Waals surface area contributed by atoms with Gasteiger partial charge in [-0.15, -0.1) is 5.10 Å². The molecule has 1 fully saturated rings. The average molecular weight is 361 g/mol. The van der Waals surface area contributed by atoms with Crippen molar-refractivity contribution < 1.29 is 9.53 Å². The zero-order valence-electron chi connectivity index (χ0n) is 15.0. The molecule has 2 heterocycles. The number of thioether (sulfide) groups is 1. The normalized spacial score (nSPS) is 20.7. The maximum atomic E-state index is 12.5. The van der Waals surface area contributed by atoms with Crippen LogP contribution in [0.2, 0.25) is 0 Å². The highest BCUT2D eigenvalue weighted by Gasteiger charge is 2.26. The molecule has 2 atom stereocenters. The molecule has 0 radical (unpaired) electrons. The topological polar surface area (TPSA) is 73.1 Å². The van der Waals surface area contributed by atoms with Crippen molar-refractivity contribution >= 4 is 17.7 Å². The molecule has 1 amide bonds. The summed E-state index contributed by atoms with van der Waals surface area (Å²) in [5.74, 6) is 0.396. The van der Waals surface area contributed by atoms with E-state index in [4.69, 9.17) is 4.74 Å². The summed E-state index contributed by atoms with van der Waals surface area (Å²) in [5, 5.41) is 12.6. The van der Waals surface area contributed by atoms with Gasteiger partial charge >= 0.3 is 0 Å². The van der Waals surface area contributed by atoms with E-state index in [0.717, 1.165) is 11.3 Å². The number of aryl methyl sites for hydroxylation is 1. The second-order valence-electron chi connectivity index (χ2n) is 6.44. The van der Waals surface area contributed by atoms with Crippen LogP contribution in [-0.4, -0.2) is 62.1 Å². The van der Waals surface area contributed by atoms with Gasteiger partial charge in [0.15, 0.2) is 0 Å². The molecular formula is C17H23N5O2S. The van der Waals surface area contributed by atoms with Crippen LogP contribution in [0.1, 0.15) is 25.0 Å². The zero-order valence-corrected chi connectivity index (χ0v) is 15.8. The molecule has 25 heavy (non-hydrogen) atoms. The van der Waals surface area contributed by atoms with Crippen molar-refractivity contribution in [2.24, 2.45) is 0 Å². The lowest BCUT2D eigenvalue weighted by molar-refractivity contribution is -0.140. The summed E-state index contributed by atoms with van der Waals surface area (Å²) in [6, 6.07) is 6.02. The van der Waals surface area contributed by atoms with Crippen LogP contribution < -0.4 is 0 Å². The predicted molar refractivity (Wildman–Crippen MR) is 95.9 cm³/mol. The molecule has 1 saturated heterocycles. The standard InChI is InChI=1S/C17H23N5O2S/c1-11-6-5-7-15(14(11)4)22-17(18-19-20-22)25-10-16(23)21-8-12(2)24-13(3)9-21/h5-7,12-13H,8-10H2,1-4H3/t12-,13+. The van der Waals surface area contributed by atoms with Crippen LogP contribution in [-0.2, 0) is 9.53 Å². The monoisotopic (exact) mass is 361 g/mol. The quantitative estimate of drug-likeness (QED) is 0.776. The van der Waals surface area contributed by atoms with Gasteiger partial charge in [0.1, 0.15) is 0 Å². The van der Waals surface area contributed by atoms with Crippen molar-refractivity contribution in [2.75, 3.05) is 18.8 Å². The molecule has 1 aliphatic rings. The van der Waals surface area contributed by atoms with E-state index < -0.39 is 0 Å². The maximum Gasteiger partial charge on any atom is 0.233 e. The highest BCUT2D eigenvalue weighted by molar-refractivity contribution is 7.99. The summed E-state index contributed by atoms with van der Waals surface area (Å²) in [6.45, 7) is 9.34. The van der Waals surface area contributed by atoms with Crippen molar-refractivity contribution in [2.45, 2.75) is 45.1 Å². The Balaban J connectivity index is 1.70. The van der Waals surface area contributed by atoms with Crippen molar-refractivity contribution in [1.82, 2.24) is 25.1 Å². The van der Waals surface area contributed by atoms with Gasteiger partial charge in [0.2, 0.25) is 11.1 Å². The fourth-order valence-electron chi connectivity index (χ4n) is 2.98. The zero-order chi connectivity index (χ0) is 18.0. The Morgan fingerprint density at radius 3 is 2.72 bits per heavy atom. The minimum atomic E-state index is 0.0676. The molecular weight excluding hydrogens is 338 g/mol. The Morgan fingerprint density at radius 1 is 1.28 bits per heavy atom. The lowest BCUT2D eigenvalue weighted by Gasteiger charge is -2.35. The van der Waals surface area contributed by atoms with Gasteiger partial charge in [-0.25, -0.2) is 0 Å². The van der Waals surface area contributed by atoms with E-state index in [2.05, 4.69) is 28.5 Å². The molecule has 0 spiro atoms. The number of ether oxygens (including phenoxy) is 1. The number of tetrazole rings is 1. The summed E-state index contributed by atoms with van der Waals surface area (Å²) in [7, 11) is 0. The van der Waals surface area contributed by atoms with E-state index in [9.17, 15) is 4.79 Å². The fraction of sp³-hybridized carbons (Fsp3) is 0.529. The minimum absolute atomic E-state index is 0.0676. The summed E-state index contributed by atoms with van der Waals surface area (Å²) < 4.78 is 7.38. The molecule has 0 bridgehead atoms. The highest BCUT2D eigenvalue weighted by Crippen LogP contribution is 2.23.